The Balaban J connectivity index is 2.29. The van der Waals surface area contributed by atoms with Gasteiger partial charge in [0.15, 0.2) is 0 Å². The van der Waals surface area contributed by atoms with Gasteiger partial charge >= 0.3 is 0 Å². The van der Waals surface area contributed by atoms with Gasteiger partial charge in [-0.25, -0.2) is 4.39 Å². The molecule has 1 aliphatic rings. The molecule has 2 N–H and O–H groups in total. The van der Waals surface area contributed by atoms with Gasteiger partial charge in [0.2, 0.25) is 0 Å². The van der Waals surface area contributed by atoms with Gasteiger partial charge in [-0.3, -0.25) is 4.90 Å². The third kappa shape index (κ3) is 3.32. The lowest BCUT2D eigenvalue weighted by Crippen LogP contribution is -2.45. The Kier molecular flexibility index (Phi) is 5.40. The van der Waals surface area contributed by atoms with E-state index in [9.17, 15) is 9.50 Å². The molecule has 3 nitrogen and oxygen atoms in total. The van der Waals surface area contributed by atoms with E-state index in [2.05, 4.69) is 16.8 Å². The molecule has 0 spiro atoms. The SMILES string of the molecule is C=CCC[C@@H](c1ccc(F)c(Cl)c1O)N1CCNCC1. The van der Waals surface area contributed by atoms with Gasteiger partial charge in [-0.15, -0.1) is 6.58 Å². The van der Waals surface area contributed by atoms with Crippen molar-refractivity contribution < 1.29 is 9.50 Å². The lowest BCUT2D eigenvalue weighted by Gasteiger charge is -2.35. The second-order valence-corrected chi connectivity index (χ2v) is 5.34. The Labute approximate surface area is 124 Å². The monoisotopic (exact) mass is 298 g/mol. The molecule has 2 rings (SSSR count). The van der Waals surface area contributed by atoms with Gasteiger partial charge in [0, 0.05) is 37.8 Å². The van der Waals surface area contributed by atoms with Crippen molar-refractivity contribution in [2.75, 3.05) is 26.2 Å². The van der Waals surface area contributed by atoms with Crippen LogP contribution in [0.25, 0.3) is 0 Å². The fourth-order valence-corrected chi connectivity index (χ4v) is 2.80. The molecule has 1 aliphatic heterocycles. The van der Waals surface area contributed by atoms with Crippen molar-refractivity contribution in [3.05, 3.63) is 41.2 Å². The fourth-order valence-electron chi connectivity index (χ4n) is 2.63. The molecule has 0 aliphatic carbocycles. The van der Waals surface area contributed by atoms with Crippen molar-refractivity contribution in [1.82, 2.24) is 10.2 Å². The minimum Gasteiger partial charge on any atom is -0.506 e. The molecule has 5 heteroatoms. The highest BCUT2D eigenvalue weighted by atomic mass is 35.5. The van der Waals surface area contributed by atoms with Crippen LogP contribution < -0.4 is 5.32 Å². The summed E-state index contributed by atoms with van der Waals surface area (Å²) in [6.45, 7) is 7.38. The van der Waals surface area contributed by atoms with Crippen LogP contribution in [0, 0.1) is 5.82 Å². The van der Waals surface area contributed by atoms with E-state index in [1.54, 1.807) is 6.07 Å². The number of benzene rings is 1. The van der Waals surface area contributed by atoms with E-state index in [0.29, 0.717) is 5.56 Å². The number of aromatic hydroxyl groups is 1. The maximum absolute atomic E-state index is 13.4. The first-order valence-corrected chi connectivity index (χ1v) is 7.25. The van der Waals surface area contributed by atoms with Gasteiger partial charge in [-0.05, 0) is 18.9 Å². The summed E-state index contributed by atoms with van der Waals surface area (Å²) in [7, 11) is 0. The normalized spacial score (nSPS) is 17.9. The minimum absolute atomic E-state index is 0.0354. The number of allylic oxidation sites excluding steroid dienone is 1. The van der Waals surface area contributed by atoms with Crippen molar-refractivity contribution in [3.8, 4) is 5.75 Å². The molecule has 110 valence electrons. The standard InChI is InChI=1S/C15H20ClFN2O/c1-2-3-4-13(19-9-7-18-8-10-19)11-5-6-12(17)14(16)15(11)20/h2,5-6,13,18,20H,1,3-4,7-10H2/t13-/m0/s1. The van der Waals surface area contributed by atoms with Crippen LogP contribution in [0.5, 0.6) is 5.75 Å². The molecule has 1 heterocycles. The molecule has 0 bridgehead atoms. The van der Waals surface area contributed by atoms with Crippen LogP contribution in [0.1, 0.15) is 24.4 Å². The van der Waals surface area contributed by atoms with E-state index < -0.39 is 5.82 Å². The third-order valence-corrected chi connectivity index (χ3v) is 4.06. The van der Waals surface area contributed by atoms with Gasteiger partial charge in [-0.2, -0.15) is 0 Å². The Morgan fingerprint density at radius 3 is 2.80 bits per heavy atom. The Bertz CT molecular complexity index is 475. The molecule has 0 unspecified atom stereocenters. The summed E-state index contributed by atoms with van der Waals surface area (Å²) < 4.78 is 13.4. The van der Waals surface area contributed by atoms with Crippen molar-refractivity contribution >= 4 is 11.6 Å². The van der Waals surface area contributed by atoms with E-state index in [-0.39, 0.29) is 16.8 Å². The maximum atomic E-state index is 13.4. The number of hydrogen-bond donors (Lipinski definition) is 2. The number of rotatable bonds is 5. The molecule has 1 aromatic rings. The van der Waals surface area contributed by atoms with Crippen molar-refractivity contribution in [3.63, 3.8) is 0 Å². The number of piperazine rings is 1. The average molecular weight is 299 g/mol. The van der Waals surface area contributed by atoms with Gasteiger partial charge < -0.3 is 10.4 Å². The number of phenols is 1. The number of phenolic OH excluding ortho intramolecular Hbond substituents is 1. The molecule has 1 fully saturated rings. The maximum Gasteiger partial charge on any atom is 0.145 e. The zero-order valence-corrected chi connectivity index (χ0v) is 12.2. The van der Waals surface area contributed by atoms with Gasteiger partial charge in [0.25, 0.3) is 0 Å². The number of hydrogen-bond acceptors (Lipinski definition) is 3. The quantitative estimate of drug-likeness (QED) is 0.820. The molecule has 20 heavy (non-hydrogen) atoms. The second-order valence-electron chi connectivity index (χ2n) is 4.97. The summed E-state index contributed by atoms with van der Waals surface area (Å²) in [5, 5.41) is 13.2. The summed E-state index contributed by atoms with van der Waals surface area (Å²) in [4.78, 5) is 2.29. The summed E-state index contributed by atoms with van der Waals surface area (Å²) in [5.41, 5.74) is 0.695. The van der Waals surface area contributed by atoms with E-state index in [4.69, 9.17) is 11.6 Å². The predicted octanol–water partition coefficient (Wildman–Crippen LogP) is 3.10. The van der Waals surface area contributed by atoms with E-state index in [1.807, 2.05) is 6.08 Å². The highest BCUT2D eigenvalue weighted by Crippen LogP contribution is 2.38. The van der Waals surface area contributed by atoms with Gasteiger partial charge in [0.1, 0.15) is 16.6 Å². The van der Waals surface area contributed by atoms with Gasteiger partial charge in [0.05, 0.1) is 0 Å². The van der Waals surface area contributed by atoms with Crippen LogP contribution >= 0.6 is 11.6 Å². The molecule has 0 amide bonds. The molecule has 1 aromatic carbocycles. The first kappa shape index (κ1) is 15.3. The Hall–Kier alpha value is -1.10. The Morgan fingerprint density at radius 1 is 1.45 bits per heavy atom. The summed E-state index contributed by atoms with van der Waals surface area (Å²) >= 11 is 5.82. The van der Waals surface area contributed by atoms with E-state index in [1.165, 1.54) is 6.07 Å². The minimum atomic E-state index is -0.587. The molecule has 0 saturated carbocycles. The van der Waals surface area contributed by atoms with Crippen molar-refractivity contribution in [1.29, 1.82) is 0 Å². The number of nitrogens with zero attached hydrogens (tertiary/aromatic N) is 1. The zero-order chi connectivity index (χ0) is 14.5. The lowest BCUT2D eigenvalue weighted by molar-refractivity contribution is 0.163. The molecule has 0 radical (unpaired) electrons. The van der Waals surface area contributed by atoms with Gasteiger partial charge in [-0.1, -0.05) is 23.7 Å². The fraction of sp³-hybridized carbons (Fsp3) is 0.467. The summed E-state index contributed by atoms with van der Waals surface area (Å²) in [6, 6.07) is 2.99. The third-order valence-electron chi connectivity index (χ3n) is 3.70. The van der Waals surface area contributed by atoms with E-state index in [0.717, 1.165) is 39.0 Å². The average Bonchev–Trinajstić information content (AvgIpc) is 2.48. The number of halogens is 2. The van der Waals surface area contributed by atoms with Crippen LogP contribution in [0.3, 0.4) is 0 Å². The first-order valence-electron chi connectivity index (χ1n) is 6.87. The van der Waals surface area contributed by atoms with Crippen LogP contribution in [-0.4, -0.2) is 36.2 Å². The summed E-state index contributed by atoms with van der Waals surface area (Å²) in [6.07, 6.45) is 3.53. The number of nitrogens with one attached hydrogen (secondary N) is 1. The van der Waals surface area contributed by atoms with E-state index >= 15 is 0 Å². The molecular formula is C15H20ClFN2O. The zero-order valence-electron chi connectivity index (χ0n) is 11.4. The smallest absolute Gasteiger partial charge is 0.145 e. The second kappa shape index (κ2) is 7.07. The van der Waals surface area contributed by atoms with Crippen LogP contribution in [-0.2, 0) is 0 Å². The van der Waals surface area contributed by atoms with Crippen LogP contribution in [0.15, 0.2) is 24.8 Å². The molecular weight excluding hydrogens is 279 g/mol. The van der Waals surface area contributed by atoms with Crippen molar-refractivity contribution in [2.45, 2.75) is 18.9 Å². The molecule has 1 atom stereocenters. The predicted molar refractivity (Wildman–Crippen MR) is 79.7 cm³/mol. The first-order chi connectivity index (χ1) is 9.65. The lowest BCUT2D eigenvalue weighted by atomic mass is 9.98. The summed E-state index contributed by atoms with van der Waals surface area (Å²) in [5.74, 6) is -0.727. The Morgan fingerprint density at radius 2 is 2.15 bits per heavy atom. The van der Waals surface area contributed by atoms with Crippen LogP contribution in [0.2, 0.25) is 5.02 Å². The van der Waals surface area contributed by atoms with Crippen molar-refractivity contribution in [2.24, 2.45) is 0 Å². The largest absolute Gasteiger partial charge is 0.506 e. The molecule has 1 saturated heterocycles. The topological polar surface area (TPSA) is 35.5 Å². The highest BCUT2D eigenvalue weighted by Gasteiger charge is 2.25. The van der Waals surface area contributed by atoms with Crippen LogP contribution in [0.4, 0.5) is 4.39 Å². The molecule has 0 aromatic heterocycles. The highest BCUT2D eigenvalue weighted by molar-refractivity contribution is 6.32.